The standard InChI is InChI=1S/C15H16FNO3/c1-2-19-13-6-5-11(10-12(13)16)7-8-17-15(18)14-4-3-9-20-14/h3-6,9-10H,2,7-8H2,1H3,(H,17,18). The highest BCUT2D eigenvalue weighted by Crippen LogP contribution is 2.18. The number of carbonyl (C=O) groups excluding carboxylic acids is 1. The Morgan fingerprint density at radius 1 is 1.40 bits per heavy atom. The van der Waals surface area contributed by atoms with Crippen LogP contribution in [-0.2, 0) is 6.42 Å². The minimum atomic E-state index is -0.387. The monoisotopic (exact) mass is 277 g/mol. The zero-order valence-electron chi connectivity index (χ0n) is 11.2. The van der Waals surface area contributed by atoms with Crippen LogP contribution in [0.1, 0.15) is 23.0 Å². The third kappa shape index (κ3) is 3.60. The summed E-state index contributed by atoms with van der Waals surface area (Å²) in [5.74, 6) is -0.151. The normalized spacial score (nSPS) is 10.3. The van der Waals surface area contributed by atoms with Crippen molar-refractivity contribution in [3.8, 4) is 5.75 Å². The predicted molar refractivity (Wildman–Crippen MR) is 72.3 cm³/mol. The van der Waals surface area contributed by atoms with E-state index >= 15 is 0 Å². The lowest BCUT2D eigenvalue weighted by molar-refractivity contribution is 0.0926. The second-order valence-corrected chi connectivity index (χ2v) is 4.18. The first-order valence-corrected chi connectivity index (χ1v) is 6.43. The lowest BCUT2D eigenvalue weighted by atomic mass is 10.1. The van der Waals surface area contributed by atoms with E-state index in [-0.39, 0.29) is 23.2 Å². The Morgan fingerprint density at radius 2 is 2.25 bits per heavy atom. The highest BCUT2D eigenvalue weighted by Gasteiger charge is 2.08. The van der Waals surface area contributed by atoms with Gasteiger partial charge in [-0.05, 0) is 43.2 Å². The van der Waals surface area contributed by atoms with E-state index in [0.717, 1.165) is 5.56 Å². The lowest BCUT2D eigenvalue weighted by Gasteiger charge is -2.07. The Bertz CT molecular complexity index is 567. The number of benzene rings is 1. The molecule has 0 unspecified atom stereocenters. The number of hydrogen-bond acceptors (Lipinski definition) is 3. The van der Waals surface area contributed by atoms with Crippen molar-refractivity contribution in [2.24, 2.45) is 0 Å². The number of amides is 1. The fourth-order valence-electron chi connectivity index (χ4n) is 1.79. The Labute approximate surface area is 116 Å². The number of rotatable bonds is 6. The molecule has 1 heterocycles. The van der Waals surface area contributed by atoms with Gasteiger partial charge in [0, 0.05) is 6.54 Å². The molecular weight excluding hydrogens is 261 g/mol. The van der Waals surface area contributed by atoms with Gasteiger partial charge in [0.05, 0.1) is 12.9 Å². The lowest BCUT2D eigenvalue weighted by Crippen LogP contribution is -2.25. The number of ether oxygens (including phenoxy) is 1. The van der Waals surface area contributed by atoms with Crippen molar-refractivity contribution < 1.29 is 18.3 Å². The molecule has 106 valence electrons. The van der Waals surface area contributed by atoms with Gasteiger partial charge < -0.3 is 14.5 Å². The Hall–Kier alpha value is -2.30. The summed E-state index contributed by atoms with van der Waals surface area (Å²) < 4.78 is 23.7. The maximum absolute atomic E-state index is 13.6. The summed E-state index contributed by atoms with van der Waals surface area (Å²) in [7, 11) is 0. The molecule has 2 aromatic rings. The molecule has 1 aromatic heterocycles. The molecule has 0 aliphatic heterocycles. The van der Waals surface area contributed by atoms with Crippen LogP contribution in [0.3, 0.4) is 0 Å². The fraction of sp³-hybridized carbons (Fsp3) is 0.267. The summed E-state index contributed by atoms with van der Waals surface area (Å²) in [6.07, 6.45) is 1.98. The van der Waals surface area contributed by atoms with E-state index in [2.05, 4.69) is 5.32 Å². The number of halogens is 1. The van der Waals surface area contributed by atoms with Crippen molar-refractivity contribution >= 4 is 5.91 Å². The smallest absolute Gasteiger partial charge is 0.286 e. The highest BCUT2D eigenvalue weighted by atomic mass is 19.1. The molecule has 0 saturated carbocycles. The Morgan fingerprint density at radius 3 is 2.90 bits per heavy atom. The second-order valence-electron chi connectivity index (χ2n) is 4.18. The van der Waals surface area contributed by atoms with Gasteiger partial charge >= 0.3 is 0 Å². The van der Waals surface area contributed by atoms with Gasteiger partial charge in [-0.15, -0.1) is 0 Å². The molecule has 20 heavy (non-hydrogen) atoms. The molecule has 0 saturated heterocycles. The van der Waals surface area contributed by atoms with Crippen LogP contribution in [0, 0.1) is 5.82 Å². The van der Waals surface area contributed by atoms with Crippen molar-refractivity contribution in [1.82, 2.24) is 5.32 Å². The van der Waals surface area contributed by atoms with Crippen molar-refractivity contribution in [3.05, 3.63) is 53.7 Å². The molecule has 0 bridgehead atoms. The molecular formula is C15H16FNO3. The zero-order valence-corrected chi connectivity index (χ0v) is 11.2. The summed E-state index contributed by atoms with van der Waals surface area (Å²) in [5.41, 5.74) is 0.797. The van der Waals surface area contributed by atoms with Crippen LogP contribution in [-0.4, -0.2) is 19.1 Å². The Balaban J connectivity index is 1.85. The van der Waals surface area contributed by atoms with E-state index in [1.165, 1.54) is 12.3 Å². The molecule has 1 aromatic carbocycles. The van der Waals surface area contributed by atoms with Crippen LogP contribution in [0.15, 0.2) is 41.0 Å². The van der Waals surface area contributed by atoms with Gasteiger partial charge in [-0.25, -0.2) is 4.39 Å². The zero-order chi connectivity index (χ0) is 14.4. The van der Waals surface area contributed by atoms with Crippen LogP contribution < -0.4 is 10.1 Å². The summed E-state index contributed by atoms with van der Waals surface area (Å²) in [5, 5.41) is 2.71. The number of carbonyl (C=O) groups is 1. The minimum Gasteiger partial charge on any atom is -0.491 e. The largest absolute Gasteiger partial charge is 0.491 e. The van der Waals surface area contributed by atoms with E-state index in [4.69, 9.17) is 9.15 Å². The number of nitrogens with one attached hydrogen (secondary N) is 1. The van der Waals surface area contributed by atoms with Crippen LogP contribution in [0.2, 0.25) is 0 Å². The van der Waals surface area contributed by atoms with E-state index in [1.54, 1.807) is 31.2 Å². The first-order valence-electron chi connectivity index (χ1n) is 6.43. The maximum atomic E-state index is 13.6. The Kier molecular flexibility index (Phi) is 4.76. The van der Waals surface area contributed by atoms with E-state index < -0.39 is 0 Å². The van der Waals surface area contributed by atoms with Gasteiger partial charge in [0.1, 0.15) is 0 Å². The van der Waals surface area contributed by atoms with E-state index in [1.807, 2.05) is 0 Å². The quantitative estimate of drug-likeness (QED) is 0.883. The number of hydrogen-bond donors (Lipinski definition) is 1. The predicted octanol–water partition coefficient (Wildman–Crippen LogP) is 2.79. The molecule has 0 aliphatic carbocycles. The second kappa shape index (κ2) is 6.75. The van der Waals surface area contributed by atoms with Crippen LogP contribution >= 0.6 is 0 Å². The summed E-state index contributed by atoms with van der Waals surface area (Å²) in [6, 6.07) is 8.04. The van der Waals surface area contributed by atoms with Gasteiger partial charge in [-0.2, -0.15) is 0 Å². The van der Waals surface area contributed by atoms with Gasteiger partial charge in [0.15, 0.2) is 17.3 Å². The molecule has 0 fully saturated rings. The maximum Gasteiger partial charge on any atom is 0.286 e. The molecule has 1 N–H and O–H groups in total. The van der Waals surface area contributed by atoms with Crippen molar-refractivity contribution in [2.45, 2.75) is 13.3 Å². The first kappa shape index (κ1) is 14.1. The molecule has 0 aliphatic rings. The molecule has 0 atom stereocenters. The van der Waals surface area contributed by atoms with E-state index in [0.29, 0.717) is 19.6 Å². The third-order valence-electron chi connectivity index (χ3n) is 2.74. The molecule has 0 radical (unpaired) electrons. The summed E-state index contributed by atoms with van der Waals surface area (Å²) in [6.45, 7) is 2.64. The van der Waals surface area contributed by atoms with Crippen molar-refractivity contribution in [3.63, 3.8) is 0 Å². The fourth-order valence-corrected chi connectivity index (χ4v) is 1.79. The van der Waals surface area contributed by atoms with Crippen LogP contribution in [0.25, 0.3) is 0 Å². The SMILES string of the molecule is CCOc1ccc(CCNC(=O)c2ccco2)cc1F. The third-order valence-corrected chi connectivity index (χ3v) is 2.74. The molecule has 1 amide bonds. The minimum absolute atomic E-state index is 0.246. The molecule has 0 spiro atoms. The molecule has 5 heteroatoms. The van der Waals surface area contributed by atoms with Crippen molar-refractivity contribution in [1.29, 1.82) is 0 Å². The van der Waals surface area contributed by atoms with Gasteiger partial charge in [-0.1, -0.05) is 6.07 Å². The van der Waals surface area contributed by atoms with Crippen LogP contribution in [0.5, 0.6) is 5.75 Å². The average Bonchev–Trinajstić information content (AvgIpc) is 2.96. The van der Waals surface area contributed by atoms with Crippen molar-refractivity contribution in [2.75, 3.05) is 13.2 Å². The van der Waals surface area contributed by atoms with Gasteiger partial charge in [0.25, 0.3) is 5.91 Å². The average molecular weight is 277 g/mol. The van der Waals surface area contributed by atoms with Gasteiger partial charge in [0.2, 0.25) is 0 Å². The summed E-state index contributed by atoms with van der Waals surface area (Å²) in [4.78, 5) is 11.6. The topological polar surface area (TPSA) is 51.5 Å². The molecule has 2 rings (SSSR count). The van der Waals surface area contributed by atoms with Crippen LogP contribution in [0.4, 0.5) is 4.39 Å². The summed E-state index contributed by atoms with van der Waals surface area (Å²) >= 11 is 0. The van der Waals surface area contributed by atoms with Gasteiger partial charge in [-0.3, -0.25) is 4.79 Å². The number of furan rings is 1. The highest BCUT2D eigenvalue weighted by molar-refractivity contribution is 5.91. The molecule has 4 nitrogen and oxygen atoms in total. The first-order chi connectivity index (χ1) is 9.70. The van der Waals surface area contributed by atoms with E-state index in [9.17, 15) is 9.18 Å².